The van der Waals surface area contributed by atoms with E-state index >= 15 is 0 Å². The van der Waals surface area contributed by atoms with Gasteiger partial charge in [0, 0.05) is 18.7 Å². The van der Waals surface area contributed by atoms with Crippen molar-refractivity contribution < 1.29 is 14.3 Å². The molecule has 5 heteroatoms. The van der Waals surface area contributed by atoms with Gasteiger partial charge in [-0.25, -0.2) is 4.79 Å². The molecule has 0 bridgehead atoms. The first-order chi connectivity index (χ1) is 11.7. The second-order valence-electron chi connectivity index (χ2n) is 5.75. The zero-order valence-electron chi connectivity index (χ0n) is 13.4. The molecular formula is C19H20N2O3. The van der Waals surface area contributed by atoms with E-state index in [1.165, 1.54) is 0 Å². The van der Waals surface area contributed by atoms with Gasteiger partial charge in [0.25, 0.3) is 0 Å². The van der Waals surface area contributed by atoms with Gasteiger partial charge in [-0.05, 0) is 17.7 Å². The van der Waals surface area contributed by atoms with Gasteiger partial charge in [-0.3, -0.25) is 9.69 Å². The number of carbonyl (C=O) groups excluding carboxylic acids is 2. The Labute approximate surface area is 141 Å². The number of ether oxygens (including phenoxy) is 1. The molecule has 0 saturated carbocycles. The van der Waals surface area contributed by atoms with E-state index < -0.39 is 0 Å². The summed E-state index contributed by atoms with van der Waals surface area (Å²) < 4.78 is 5.36. The summed E-state index contributed by atoms with van der Waals surface area (Å²) in [5, 5.41) is 2.88. The Kier molecular flexibility index (Phi) is 5.11. The number of carbonyl (C=O) groups is 2. The predicted octanol–water partition coefficient (Wildman–Crippen LogP) is 2.76. The van der Waals surface area contributed by atoms with Crippen LogP contribution in [0, 0.1) is 0 Å². The van der Waals surface area contributed by atoms with Crippen LogP contribution in [0.1, 0.15) is 12.0 Å². The second-order valence-corrected chi connectivity index (χ2v) is 5.75. The zero-order valence-corrected chi connectivity index (χ0v) is 13.4. The number of amides is 2. The maximum atomic E-state index is 11.9. The quantitative estimate of drug-likeness (QED) is 0.889. The average Bonchev–Trinajstić information content (AvgIpc) is 2.97. The first-order valence-electron chi connectivity index (χ1n) is 8.06. The summed E-state index contributed by atoms with van der Waals surface area (Å²) in [6.45, 7) is 1.00. The molecular weight excluding hydrogens is 304 g/mol. The summed E-state index contributed by atoms with van der Waals surface area (Å²) in [6.07, 6.45) is 0.438. The summed E-state index contributed by atoms with van der Waals surface area (Å²) in [6, 6.07) is 19.1. The van der Waals surface area contributed by atoms with Crippen molar-refractivity contribution in [1.29, 1.82) is 0 Å². The van der Waals surface area contributed by atoms with Crippen molar-refractivity contribution in [3.05, 3.63) is 66.2 Å². The van der Waals surface area contributed by atoms with Crippen LogP contribution in [-0.2, 0) is 16.0 Å². The Balaban J connectivity index is 1.43. The Bertz CT molecular complexity index is 688. The lowest BCUT2D eigenvalue weighted by atomic mass is 10.1. The molecule has 1 heterocycles. The van der Waals surface area contributed by atoms with E-state index in [1.54, 1.807) is 4.90 Å². The highest BCUT2D eigenvalue weighted by Crippen LogP contribution is 2.22. The molecule has 124 valence electrons. The third-order valence-electron chi connectivity index (χ3n) is 3.94. The third-order valence-corrected chi connectivity index (χ3v) is 3.94. The molecule has 1 unspecified atom stereocenters. The maximum absolute atomic E-state index is 11.9. The molecule has 3 rings (SSSR count). The standard InChI is InChI=1S/C19H20N2O3/c22-18(13-15-7-3-1-4-8-15)20-12-11-17-14-21(19(23)24-17)16-9-5-2-6-10-16/h1-10,17H,11-14H2,(H,20,22). The van der Waals surface area contributed by atoms with E-state index in [0.29, 0.717) is 25.9 Å². The van der Waals surface area contributed by atoms with Gasteiger partial charge < -0.3 is 10.1 Å². The average molecular weight is 324 g/mol. The molecule has 0 aromatic heterocycles. The van der Waals surface area contributed by atoms with Gasteiger partial charge in [-0.2, -0.15) is 0 Å². The lowest BCUT2D eigenvalue weighted by Crippen LogP contribution is -2.30. The van der Waals surface area contributed by atoms with E-state index in [1.807, 2.05) is 60.7 Å². The fourth-order valence-corrected chi connectivity index (χ4v) is 2.71. The Morgan fingerprint density at radius 1 is 1.08 bits per heavy atom. The molecule has 0 radical (unpaired) electrons. The minimum absolute atomic E-state index is 0.0227. The van der Waals surface area contributed by atoms with Crippen LogP contribution in [0.5, 0.6) is 0 Å². The highest BCUT2D eigenvalue weighted by Gasteiger charge is 2.31. The number of para-hydroxylation sites is 1. The van der Waals surface area contributed by atoms with Crippen LogP contribution in [0.15, 0.2) is 60.7 Å². The molecule has 1 saturated heterocycles. The lowest BCUT2D eigenvalue weighted by Gasteiger charge is -2.12. The van der Waals surface area contributed by atoms with Gasteiger partial charge in [0.2, 0.25) is 5.91 Å². The predicted molar refractivity (Wildman–Crippen MR) is 91.8 cm³/mol. The molecule has 5 nitrogen and oxygen atoms in total. The fourth-order valence-electron chi connectivity index (χ4n) is 2.71. The van der Waals surface area contributed by atoms with Gasteiger partial charge in [0.15, 0.2) is 0 Å². The van der Waals surface area contributed by atoms with Crippen LogP contribution in [-0.4, -0.2) is 31.2 Å². The first-order valence-corrected chi connectivity index (χ1v) is 8.06. The summed E-state index contributed by atoms with van der Waals surface area (Å²) in [5.41, 5.74) is 1.82. The minimum atomic E-state index is -0.332. The van der Waals surface area contributed by atoms with E-state index in [9.17, 15) is 9.59 Å². The fraction of sp³-hybridized carbons (Fsp3) is 0.263. The second kappa shape index (κ2) is 7.64. The molecule has 2 amide bonds. The summed E-state index contributed by atoms with van der Waals surface area (Å²) in [5.74, 6) is -0.0227. The molecule has 2 aromatic carbocycles. The molecule has 1 atom stereocenters. The molecule has 0 spiro atoms. The number of nitrogens with zero attached hydrogens (tertiary/aromatic N) is 1. The van der Waals surface area contributed by atoms with E-state index in [-0.39, 0.29) is 18.1 Å². The zero-order chi connectivity index (χ0) is 16.8. The summed E-state index contributed by atoms with van der Waals surface area (Å²) in [4.78, 5) is 25.5. The minimum Gasteiger partial charge on any atom is -0.444 e. The van der Waals surface area contributed by atoms with Crippen LogP contribution >= 0.6 is 0 Å². The number of rotatable bonds is 6. The van der Waals surface area contributed by atoms with E-state index in [2.05, 4.69) is 5.32 Å². The highest BCUT2D eigenvalue weighted by atomic mass is 16.6. The molecule has 1 N–H and O–H groups in total. The highest BCUT2D eigenvalue weighted by molar-refractivity contribution is 5.89. The maximum Gasteiger partial charge on any atom is 0.414 e. The molecule has 1 fully saturated rings. The van der Waals surface area contributed by atoms with Gasteiger partial charge in [-0.1, -0.05) is 48.5 Å². The first kappa shape index (κ1) is 16.1. The smallest absolute Gasteiger partial charge is 0.414 e. The SMILES string of the molecule is O=C(Cc1ccccc1)NCCC1CN(c2ccccc2)C(=O)O1. The van der Waals surface area contributed by atoms with Gasteiger partial charge in [-0.15, -0.1) is 0 Å². The van der Waals surface area contributed by atoms with E-state index in [0.717, 1.165) is 11.3 Å². The number of cyclic esters (lactones) is 1. The topological polar surface area (TPSA) is 58.6 Å². The summed E-state index contributed by atoms with van der Waals surface area (Å²) >= 11 is 0. The number of benzene rings is 2. The van der Waals surface area contributed by atoms with Crippen LogP contribution in [0.25, 0.3) is 0 Å². The number of nitrogens with one attached hydrogen (secondary N) is 1. The summed E-state index contributed by atoms with van der Waals surface area (Å²) in [7, 11) is 0. The Morgan fingerprint density at radius 3 is 2.46 bits per heavy atom. The van der Waals surface area contributed by atoms with Gasteiger partial charge >= 0.3 is 6.09 Å². The molecule has 1 aliphatic heterocycles. The monoisotopic (exact) mass is 324 g/mol. The molecule has 24 heavy (non-hydrogen) atoms. The van der Waals surface area contributed by atoms with Gasteiger partial charge in [0.05, 0.1) is 13.0 Å². The van der Waals surface area contributed by atoms with Crippen molar-refractivity contribution in [2.45, 2.75) is 18.9 Å². The van der Waals surface area contributed by atoms with Crippen LogP contribution < -0.4 is 10.2 Å². The molecule has 2 aromatic rings. The van der Waals surface area contributed by atoms with Crippen molar-refractivity contribution in [3.8, 4) is 0 Å². The van der Waals surface area contributed by atoms with E-state index in [4.69, 9.17) is 4.74 Å². The van der Waals surface area contributed by atoms with Crippen molar-refractivity contribution >= 4 is 17.7 Å². The van der Waals surface area contributed by atoms with Crippen LogP contribution in [0.2, 0.25) is 0 Å². The van der Waals surface area contributed by atoms with Crippen LogP contribution in [0.3, 0.4) is 0 Å². The molecule has 1 aliphatic rings. The van der Waals surface area contributed by atoms with Crippen molar-refractivity contribution in [2.24, 2.45) is 0 Å². The Hall–Kier alpha value is -2.82. The van der Waals surface area contributed by atoms with Gasteiger partial charge in [0.1, 0.15) is 6.10 Å². The lowest BCUT2D eigenvalue weighted by molar-refractivity contribution is -0.120. The van der Waals surface area contributed by atoms with Crippen LogP contribution in [0.4, 0.5) is 10.5 Å². The molecule has 0 aliphatic carbocycles. The number of anilines is 1. The van der Waals surface area contributed by atoms with Crippen molar-refractivity contribution in [2.75, 3.05) is 18.0 Å². The Morgan fingerprint density at radius 2 is 1.75 bits per heavy atom. The number of hydrogen-bond acceptors (Lipinski definition) is 3. The normalized spacial score (nSPS) is 16.8. The largest absolute Gasteiger partial charge is 0.444 e. The van der Waals surface area contributed by atoms with Crippen molar-refractivity contribution in [3.63, 3.8) is 0 Å². The third kappa shape index (κ3) is 4.13. The number of hydrogen-bond donors (Lipinski definition) is 1. The van der Waals surface area contributed by atoms with Crippen molar-refractivity contribution in [1.82, 2.24) is 5.32 Å².